The Balaban J connectivity index is 2.11. The summed E-state index contributed by atoms with van der Waals surface area (Å²) in [6.45, 7) is 3.27. The molecule has 20 heavy (non-hydrogen) atoms. The third-order valence-corrected chi connectivity index (χ3v) is 3.42. The summed E-state index contributed by atoms with van der Waals surface area (Å²) >= 11 is 0. The van der Waals surface area contributed by atoms with Gasteiger partial charge in [-0.1, -0.05) is 0 Å². The highest BCUT2D eigenvalue weighted by Gasteiger charge is 2.25. The smallest absolute Gasteiger partial charge is 0.263 e. The van der Waals surface area contributed by atoms with E-state index in [0.717, 1.165) is 25.9 Å². The predicted molar refractivity (Wildman–Crippen MR) is 74.3 cm³/mol. The van der Waals surface area contributed by atoms with Crippen molar-refractivity contribution in [3.8, 4) is 11.5 Å². The summed E-state index contributed by atoms with van der Waals surface area (Å²) in [7, 11) is 1.54. The lowest BCUT2D eigenvalue weighted by Crippen LogP contribution is -2.38. The van der Waals surface area contributed by atoms with Crippen molar-refractivity contribution in [2.75, 3.05) is 20.2 Å². The van der Waals surface area contributed by atoms with Crippen molar-refractivity contribution in [2.24, 2.45) is 0 Å². The normalized spacial score (nSPS) is 15.8. The summed E-state index contributed by atoms with van der Waals surface area (Å²) in [5.41, 5.74) is 0.409. The Bertz CT molecular complexity index is 495. The Kier molecular flexibility index (Phi) is 4.61. The van der Waals surface area contributed by atoms with Gasteiger partial charge in [0.05, 0.1) is 12.7 Å². The SMILES string of the molecule is COc1ccc(C=O)c(OC(C)C(=O)N2CCCC2)c1. The van der Waals surface area contributed by atoms with Gasteiger partial charge in [-0.15, -0.1) is 0 Å². The van der Waals surface area contributed by atoms with Crippen LogP contribution < -0.4 is 9.47 Å². The number of carbonyl (C=O) groups is 2. The quantitative estimate of drug-likeness (QED) is 0.771. The van der Waals surface area contributed by atoms with E-state index < -0.39 is 6.10 Å². The average Bonchev–Trinajstić information content (AvgIpc) is 3.00. The Morgan fingerprint density at radius 2 is 2.05 bits per heavy atom. The van der Waals surface area contributed by atoms with Crippen LogP contribution in [0.2, 0.25) is 0 Å². The number of hydrogen-bond donors (Lipinski definition) is 0. The van der Waals surface area contributed by atoms with Crippen molar-refractivity contribution < 1.29 is 19.1 Å². The van der Waals surface area contributed by atoms with Crippen LogP contribution in [0.4, 0.5) is 0 Å². The Hall–Kier alpha value is -2.04. The van der Waals surface area contributed by atoms with E-state index in [1.807, 2.05) is 0 Å². The van der Waals surface area contributed by atoms with Gasteiger partial charge in [-0.2, -0.15) is 0 Å². The molecule has 5 nitrogen and oxygen atoms in total. The lowest BCUT2D eigenvalue weighted by Gasteiger charge is -2.22. The van der Waals surface area contributed by atoms with Crippen molar-refractivity contribution in [1.29, 1.82) is 0 Å². The van der Waals surface area contributed by atoms with Gasteiger partial charge >= 0.3 is 0 Å². The first kappa shape index (κ1) is 14.4. The summed E-state index contributed by atoms with van der Waals surface area (Å²) in [5, 5.41) is 0. The van der Waals surface area contributed by atoms with Gasteiger partial charge in [0, 0.05) is 19.2 Å². The summed E-state index contributed by atoms with van der Waals surface area (Å²) in [4.78, 5) is 25.0. The topological polar surface area (TPSA) is 55.8 Å². The van der Waals surface area contributed by atoms with E-state index in [1.54, 1.807) is 37.1 Å². The number of rotatable bonds is 5. The number of likely N-dealkylation sites (tertiary alicyclic amines) is 1. The van der Waals surface area contributed by atoms with Crippen LogP contribution in [0, 0.1) is 0 Å². The Labute approximate surface area is 118 Å². The molecule has 1 unspecified atom stereocenters. The van der Waals surface area contributed by atoms with Gasteiger partial charge in [0.15, 0.2) is 12.4 Å². The number of nitrogens with zero attached hydrogens (tertiary/aromatic N) is 1. The van der Waals surface area contributed by atoms with Gasteiger partial charge in [-0.25, -0.2) is 0 Å². The number of ether oxygens (including phenoxy) is 2. The minimum Gasteiger partial charge on any atom is -0.497 e. The maximum absolute atomic E-state index is 12.2. The van der Waals surface area contributed by atoms with Crippen LogP contribution in [0.3, 0.4) is 0 Å². The molecule has 0 saturated carbocycles. The largest absolute Gasteiger partial charge is 0.497 e. The third-order valence-electron chi connectivity index (χ3n) is 3.42. The fourth-order valence-corrected chi connectivity index (χ4v) is 2.28. The zero-order valence-electron chi connectivity index (χ0n) is 11.8. The molecule has 0 spiro atoms. The third kappa shape index (κ3) is 3.10. The molecule has 0 N–H and O–H groups in total. The zero-order chi connectivity index (χ0) is 14.5. The molecule has 1 heterocycles. The van der Waals surface area contributed by atoms with Gasteiger partial charge in [0.25, 0.3) is 5.91 Å². The van der Waals surface area contributed by atoms with Crippen molar-refractivity contribution in [3.63, 3.8) is 0 Å². The molecule has 0 radical (unpaired) electrons. The fraction of sp³-hybridized carbons (Fsp3) is 0.467. The van der Waals surface area contributed by atoms with Crippen LogP contribution in [0.25, 0.3) is 0 Å². The molecule has 0 bridgehead atoms. The van der Waals surface area contributed by atoms with Gasteiger partial charge in [-0.3, -0.25) is 9.59 Å². The second-order valence-corrected chi connectivity index (χ2v) is 4.81. The summed E-state index contributed by atoms with van der Waals surface area (Å²) in [6.07, 6.45) is 2.18. The first-order valence-corrected chi connectivity index (χ1v) is 6.74. The second-order valence-electron chi connectivity index (χ2n) is 4.81. The van der Waals surface area contributed by atoms with E-state index in [9.17, 15) is 9.59 Å². The number of benzene rings is 1. The molecule has 5 heteroatoms. The molecule has 1 aliphatic heterocycles. The average molecular weight is 277 g/mol. The van der Waals surface area contributed by atoms with Gasteiger partial charge < -0.3 is 14.4 Å². The monoisotopic (exact) mass is 277 g/mol. The summed E-state index contributed by atoms with van der Waals surface area (Å²) in [5.74, 6) is 0.924. The van der Waals surface area contributed by atoms with Crippen LogP contribution in [-0.4, -0.2) is 43.4 Å². The summed E-state index contributed by atoms with van der Waals surface area (Å²) < 4.78 is 10.8. The van der Waals surface area contributed by atoms with Crippen LogP contribution >= 0.6 is 0 Å². The molecule has 108 valence electrons. The van der Waals surface area contributed by atoms with Crippen molar-refractivity contribution in [3.05, 3.63) is 23.8 Å². The van der Waals surface area contributed by atoms with E-state index in [-0.39, 0.29) is 5.91 Å². The molecular formula is C15H19NO4. The number of amides is 1. The van der Waals surface area contributed by atoms with Crippen LogP contribution in [0.5, 0.6) is 11.5 Å². The number of aldehydes is 1. The van der Waals surface area contributed by atoms with Gasteiger partial charge in [-0.05, 0) is 31.9 Å². The van der Waals surface area contributed by atoms with Gasteiger partial charge in [0.1, 0.15) is 11.5 Å². The van der Waals surface area contributed by atoms with E-state index in [4.69, 9.17) is 9.47 Å². The highest BCUT2D eigenvalue weighted by Crippen LogP contribution is 2.25. The maximum atomic E-state index is 12.2. The van der Waals surface area contributed by atoms with Crippen molar-refractivity contribution in [1.82, 2.24) is 4.90 Å². The number of hydrogen-bond acceptors (Lipinski definition) is 4. The highest BCUT2D eigenvalue weighted by molar-refractivity contribution is 5.83. The lowest BCUT2D eigenvalue weighted by molar-refractivity contribution is -0.136. The van der Waals surface area contributed by atoms with E-state index in [2.05, 4.69) is 0 Å². The lowest BCUT2D eigenvalue weighted by atomic mass is 10.2. The number of methoxy groups -OCH3 is 1. The highest BCUT2D eigenvalue weighted by atomic mass is 16.5. The first-order valence-electron chi connectivity index (χ1n) is 6.74. The first-order chi connectivity index (χ1) is 9.65. The molecule has 1 fully saturated rings. The van der Waals surface area contributed by atoms with E-state index >= 15 is 0 Å². The summed E-state index contributed by atoms with van der Waals surface area (Å²) in [6, 6.07) is 4.93. The van der Waals surface area contributed by atoms with Crippen molar-refractivity contribution in [2.45, 2.75) is 25.9 Å². The Morgan fingerprint density at radius 1 is 1.35 bits per heavy atom. The molecule has 0 aliphatic carbocycles. The van der Waals surface area contributed by atoms with E-state index in [0.29, 0.717) is 23.3 Å². The molecule has 1 atom stereocenters. The molecule has 1 aromatic carbocycles. The fourth-order valence-electron chi connectivity index (χ4n) is 2.28. The van der Waals surface area contributed by atoms with Crippen LogP contribution in [-0.2, 0) is 4.79 Å². The maximum Gasteiger partial charge on any atom is 0.263 e. The van der Waals surface area contributed by atoms with Crippen molar-refractivity contribution >= 4 is 12.2 Å². The van der Waals surface area contributed by atoms with Crippen LogP contribution in [0.15, 0.2) is 18.2 Å². The Morgan fingerprint density at radius 3 is 2.65 bits per heavy atom. The van der Waals surface area contributed by atoms with E-state index in [1.165, 1.54) is 0 Å². The minimum atomic E-state index is -0.612. The molecule has 0 aromatic heterocycles. The molecule has 1 aromatic rings. The molecular weight excluding hydrogens is 258 g/mol. The van der Waals surface area contributed by atoms with Gasteiger partial charge in [0.2, 0.25) is 0 Å². The second kappa shape index (κ2) is 6.41. The molecule has 1 amide bonds. The minimum absolute atomic E-state index is 0.0397. The zero-order valence-corrected chi connectivity index (χ0v) is 11.8. The molecule has 1 saturated heterocycles. The number of carbonyl (C=O) groups excluding carboxylic acids is 2. The van der Waals surface area contributed by atoms with Crippen LogP contribution in [0.1, 0.15) is 30.1 Å². The predicted octanol–water partition coefficient (Wildman–Crippen LogP) is 1.90. The molecule has 1 aliphatic rings. The standard InChI is InChI=1S/C15H19NO4/c1-11(15(18)16-7-3-4-8-16)20-14-9-13(19-2)6-5-12(14)10-17/h5-6,9-11H,3-4,7-8H2,1-2H3. The molecule has 2 rings (SSSR count).